The van der Waals surface area contributed by atoms with Gasteiger partial charge in [0.25, 0.3) is 0 Å². The number of fused-ring (bicyclic) bond motifs is 2. The zero-order valence-corrected chi connectivity index (χ0v) is 9.77. The number of carbonyl (C=O) groups is 1. The van der Waals surface area contributed by atoms with Crippen LogP contribution in [0.15, 0.2) is 51.9 Å². The molecule has 0 fully saturated rings. The van der Waals surface area contributed by atoms with Crippen LogP contribution in [0, 0.1) is 0 Å². The van der Waals surface area contributed by atoms with E-state index in [0.717, 1.165) is 10.8 Å². The van der Waals surface area contributed by atoms with Gasteiger partial charge in [0.1, 0.15) is 5.58 Å². The van der Waals surface area contributed by atoms with E-state index in [4.69, 9.17) is 4.42 Å². The smallest absolute Gasteiger partial charge is 0.192 e. The van der Waals surface area contributed by atoms with Gasteiger partial charge in [0, 0.05) is 11.6 Å². The maximum Gasteiger partial charge on any atom is 0.192 e. The molecule has 0 N–H and O–H groups in total. The highest BCUT2D eigenvalue weighted by molar-refractivity contribution is 6.01. The van der Waals surface area contributed by atoms with Gasteiger partial charge in [0.05, 0.1) is 11.6 Å². The van der Waals surface area contributed by atoms with Gasteiger partial charge < -0.3 is 4.42 Å². The van der Waals surface area contributed by atoms with E-state index in [1.54, 1.807) is 18.2 Å². The third-order valence-corrected chi connectivity index (χ3v) is 3.03. The van der Waals surface area contributed by atoms with Gasteiger partial charge >= 0.3 is 0 Å². The van der Waals surface area contributed by atoms with Crippen LogP contribution < -0.4 is 5.43 Å². The summed E-state index contributed by atoms with van der Waals surface area (Å²) in [5.74, 6) is 0.0199. The molecule has 88 valence electrons. The summed E-state index contributed by atoms with van der Waals surface area (Å²) >= 11 is 0. The molecule has 0 aliphatic heterocycles. The number of ketones is 1. The molecule has 3 heteroatoms. The number of rotatable bonds is 1. The zero-order chi connectivity index (χ0) is 12.7. The van der Waals surface area contributed by atoms with Gasteiger partial charge in [-0.05, 0) is 35.9 Å². The first-order chi connectivity index (χ1) is 8.65. The van der Waals surface area contributed by atoms with Gasteiger partial charge in [-0.3, -0.25) is 9.59 Å². The summed E-state index contributed by atoms with van der Waals surface area (Å²) in [6.45, 7) is 1.53. The van der Waals surface area contributed by atoms with Crippen molar-refractivity contribution in [2.75, 3.05) is 0 Å². The lowest BCUT2D eigenvalue weighted by molar-refractivity contribution is 0.101. The summed E-state index contributed by atoms with van der Waals surface area (Å²) in [5.41, 5.74) is 1.13. The van der Waals surface area contributed by atoms with Crippen LogP contribution >= 0.6 is 0 Å². The van der Waals surface area contributed by atoms with E-state index in [9.17, 15) is 9.59 Å². The van der Waals surface area contributed by atoms with Crippen molar-refractivity contribution in [2.45, 2.75) is 6.92 Å². The standard InChI is InChI=1S/C15H10O3/c1-9(16)10-2-3-11-7-13-14(17)4-5-18-15(13)8-12(11)6-10/h2-8H,1H3. The lowest BCUT2D eigenvalue weighted by Gasteiger charge is -2.02. The summed E-state index contributed by atoms with van der Waals surface area (Å²) in [6, 6.07) is 10.4. The fraction of sp³-hybridized carbons (Fsp3) is 0.0667. The minimum Gasteiger partial charge on any atom is -0.464 e. The molecule has 3 aromatic rings. The minimum absolute atomic E-state index is 0.0199. The summed E-state index contributed by atoms with van der Waals surface area (Å²) in [4.78, 5) is 23.0. The fourth-order valence-corrected chi connectivity index (χ4v) is 2.04. The Hall–Kier alpha value is -2.42. The Kier molecular flexibility index (Phi) is 2.27. The molecule has 1 aromatic heterocycles. The molecule has 0 aliphatic rings. The molecule has 3 rings (SSSR count). The molecule has 0 saturated carbocycles. The highest BCUT2D eigenvalue weighted by atomic mass is 16.3. The van der Waals surface area contributed by atoms with Crippen molar-refractivity contribution in [1.29, 1.82) is 0 Å². The molecular formula is C15H10O3. The topological polar surface area (TPSA) is 47.3 Å². The van der Waals surface area contributed by atoms with Crippen LogP contribution in [0.2, 0.25) is 0 Å². The largest absolute Gasteiger partial charge is 0.464 e. The summed E-state index contributed by atoms with van der Waals surface area (Å²) in [7, 11) is 0. The number of hydrogen-bond donors (Lipinski definition) is 0. The third kappa shape index (κ3) is 1.61. The monoisotopic (exact) mass is 238 g/mol. The molecule has 0 amide bonds. The lowest BCUT2D eigenvalue weighted by Crippen LogP contribution is -1.98. The van der Waals surface area contributed by atoms with Crippen molar-refractivity contribution in [3.63, 3.8) is 0 Å². The molecule has 1 heterocycles. The van der Waals surface area contributed by atoms with E-state index < -0.39 is 0 Å². The third-order valence-electron chi connectivity index (χ3n) is 3.03. The Morgan fingerprint density at radius 2 is 1.89 bits per heavy atom. The molecule has 0 aliphatic carbocycles. The first-order valence-corrected chi connectivity index (χ1v) is 5.61. The van der Waals surface area contributed by atoms with Gasteiger partial charge in [0.15, 0.2) is 11.2 Å². The highest BCUT2D eigenvalue weighted by Crippen LogP contribution is 2.22. The van der Waals surface area contributed by atoms with E-state index in [0.29, 0.717) is 16.5 Å². The Balaban J connectivity index is 2.42. The van der Waals surface area contributed by atoms with Gasteiger partial charge in [-0.1, -0.05) is 12.1 Å². The van der Waals surface area contributed by atoms with Crippen LogP contribution in [-0.4, -0.2) is 5.78 Å². The maximum atomic E-state index is 11.7. The average Bonchev–Trinajstić information content (AvgIpc) is 2.36. The van der Waals surface area contributed by atoms with Crippen LogP contribution in [0.3, 0.4) is 0 Å². The van der Waals surface area contributed by atoms with E-state index in [1.165, 1.54) is 19.3 Å². The van der Waals surface area contributed by atoms with Gasteiger partial charge in [-0.2, -0.15) is 0 Å². The molecule has 0 atom stereocenters. The van der Waals surface area contributed by atoms with Crippen molar-refractivity contribution in [1.82, 2.24) is 0 Å². The first kappa shape index (κ1) is 10.7. The van der Waals surface area contributed by atoms with Crippen molar-refractivity contribution in [2.24, 2.45) is 0 Å². The minimum atomic E-state index is -0.0613. The first-order valence-electron chi connectivity index (χ1n) is 5.61. The van der Waals surface area contributed by atoms with E-state index in [-0.39, 0.29) is 11.2 Å². The fourth-order valence-electron chi connectivity index (χ4n) is 2.04. The van der Waals surface area contributed by atoms with E-state index in [1.807, 2.05) is 12.1 Å². The number of Topliss-reactive ketones (excluding diaryl/α,β-unsaturated/α-hetero) is 1. The zero-order valence-electron chi connectivity index (χ0n) is 9.77. The molecule has 0 spiro atoms. The second-order valence-corrected chi connectivity index (χ2v) is 4.25. The lowest BCUT2D eigenvalue weighted by atomic mass is 10.0. The van der Waals surface area contributed by atoms with Crippen LogP contribution in [-0.2, 0) is 0 Å². The molecule has 18 heavy (non-hydrogen) atoms. The molecule has 2 aromatic carbocycles. The molecule has 0 saturated heterocycles. The SMILES string of the molecule is CC(=O)c1ccc2cc3c(=O)ccoc3cc2c1. The summed E-state index contributed by atoms with van der Waals surface area (Å²) in [5, 5.41) is 2.37. The predicted octanol–water partition coefficient (Wildman–Crippen LogP) is 3.15. The van der Waals surface area contributed by atoms with Gasteiger partial charge in [-0.15, -0.1) is 0 Å². The molecule has 0 unspecified atom stereocenters. The molecular weight excluding hydrogens is 228 g/mol. The summed E-state index contributed by atoms with van der Waals surface area (Å²) < 4.78 is 5.32. The molecule has 3 nitrogen and oxygen atoms in total. The molecule has 0 bridgehead atoms. The molecule has 0 radical (unpaired) electrons. The van der Waals surface area contributed by atoms with E-state index in [2.05, 4.69) is 0 Å². The van der Waals surface area contributed by atoms with Crippen LogP contribution in [0.4, 0.5) is 0 Å². The average molecular weight is 238 g/mol. The quantitative estimate of drug-likeness (QED) is 0.483. The predicted molar refractivity (Wildman–Crippen MR) is 70.0 cm³/mol. The maximum absolute atomic E-state index is 11.7. The van der Waals surface area contributed by atoms with Gasteiger partial charge in [0.2, 0.25) is 0 Å². The van der Waals surface area contributed by atoms with Crippen LogP contribution in [0.1, 0.15) is 17.3 Å². The van der Waals surface area contributed by atoms with Crippen LogP contribution in [0.25, 0.3) is 21.7 Å². The Morgan fingerprint density at radius 3 is 2.67 bits per heavy atom. The Labute approximate surface area is 103 Å². The summed E-state index contributed by atoms with van der Waals surface area (Å²) in [6.07, 6.45) is 1.38. The van der Waals surface area contributed by atoms with Crippen molar-refractivity contribution in [3.05, 3.63) is 58.4 Å². The Bertz CT molecular complexity index is 828. The highest BCUT2D eigenvalue weighted by Gasteiger charge is 2.05. The van der Waals surface area contributed by atoms with Crippen molar-refractivity contribution in [3.8, 4) is 0 Å². The van der Waals surface area contributed by atoms with Gasteiger partial charge in [-0.25, -0.2) is 0 Å². The van der Waals surface area contributed by atoms with E-state index >= 15 is 0 Å². The Morgan fingerprint density at radius 1 is 1.06 bits per heavy atom. The second kappa shape index (κ2) is 3.81. The number of carbonyl (C=O) groups excluding carboxylic acids is 1. The van der Waals surface area contributed by atoms with Crippen molar-refractivity contribution >= 4 is 27.5 Å². The number of benzene rings is 2. The second-order valence-electron chi connectivity index (χ2n) is 4.25. The normalized spacial score (nSPS) is 10.9. The van der Waals surface area contributed by atoms with Crippen molar-refractivity contribution < 1.29 is 9.21 Å². The number of hydrogen-bond acceptors (Lipinski definition) is 3. The van der Waals surface area contributed by atoms with Crippen LogP contribution in [0.5, 0.6) is 0 Å².